The molecule has 2 rings (SSSR count). The second-order valence-corrected chi connectivity index (χ2v) is 5.71. The minimum atomic E-state index is -3.08. The molecule has 1 aliphatic heterocycles. The fraction of sp³-hybridized carbons (Fsp3) is 0.750. The molecule has 7 heteroatoms. The summed E-state index contributed by atoms with van der Waals surface area (Å²) < 4.78 is 26.8. The summed E-state index contributed by atoms with van der Waals surface area (Å²) in [6.07, 6.45) is 5.01. The number of rotatable bonds is 4. The topological polar surface area (TPSA) is 68.1 Å². The first-order valence-corrected chi connectivity index (χ1v) is 6.60. The molecule has 0 N–H and O–H groups in total. The van der Waals surface area contributed by atoms with E-state index in [9.17, 15) is 8.42 Å². The monoisotopic (exact) mass is 230 g/mol. The average molecular weight is 230 g/mol. The maximum Gasteiger partial charge on any atom is 0.215 e. The van der Waals surface area contributed by atoms with Gasteiger partial charge in [0.2, 0.25) is 10.0 Å². The van der Waals surface area contributed by atoms with E-state index in [1.807, 2.05) is 0 Å². The Morgan fingerprint density at radius 3 is 2.33 bits per heavy atom. The van der Waals surface area contributed by atoms with Gasteiger partial charge in [-0.25, -0.2) is 12.7 Å². The lowest BCUT2D eigenvalue weighted by molar-refractivity contribution is 0.473. The molecule has 1 fully saturated rings. The van der Waals surface area contributed by atoms with E-state index in [1.54, 1.807) is 8.87 Å². The zero-order chi connectivity index (χ0) is 10.7. The van der Waals surface area contributed by atoms with Crippen molar-refractivity contribution >= 4 is 10.0 Å². The molecule has 0 atom stereocenters. The van der Waals surface area contributed by atoms with Gasteiger partial charge in [0.05, 0.1) is 5.75 Å². The van der Waals surface area contributed by atoms with Gasteiger partial charge in [-0.1, -0.05) is 0 Å². The molecule has 2 heterocycles. The van der Waals surface area contributed by atoms with Gasteiger partial charge in [-0.05, 0) is 12.8 Å². The first-order chi connectivity index (χ1) is 7.18. The Balaban J connectivity index is 1.93. The Bertz CT molecular complexity index is 394. The zero-order valence-electron chi connectivity index (χ0n) is 8.41. The molecular weight excluding hydrogens is 216 g/mol. The predicted molar refractivity (Wildman–Crippen MR) is 54.6 cm³/mol. The summed E-state index contributed by atoms with van der Waals surface area (Å²) in [4.78, 5) is 0. The van der Waals surface area contributed by atoms with Crippen LogP contribution < -0.4 is 0 Å². The molecule has 0 unspecified atom stereocenters. The van der Waals surface area contributed by atoms with Crippen LogP contribution in [0.1, 0.15) is 12.8 Å². The number of sulfonamides is 1. The number of hydrogen-bond acceptors (Lipinski definition) is 4. The highest BCUT2D eigenvalue weighted by molar-refractivity contribution is 7.89. The standard InChI is InChI=1S/C8H14N4O2S/c13-15(14,12-3-1-2-4-12)6-5-11-7-9-10-8-11/h7-8H,1-6H2. The first-order valence-electron chi connectivity index (χ1n) is 4.99. The van der Waals surface area contributed by atoms with Gasteiger partial charge >= 0.3 is 0 Å². The quantitative estimate of drug-likeness (QED) is 0.712. The van der Waals surface area contributed by atoms with Gasteiger partial charge in [-0.2, -0.15) is 0 Å². The first kappa shape index (κ1) is 10.6. The highest BCUT2D eigenvalue weighted by Gasteiger charge is 2.24. The van der Waals surface area contributed by atoms with Crippen LogP contribution in [0.5, 0.6) is 0 Å². The largest absolute Gasteiger partial charge is 0.319 e. The van der Waals surface area contributed by atoms with Crippen molar-refractivity contribution in [2.75, 3.05) is 18.8 Å². The van der Waals surface area contributed by atoms with Crippen LogP contribution in [0.25, 0.3) is 0 Å². The maximum absolute atomic E-state index is 11.8. The number of nitrogens with zero attached hydrogens (tertiary/aromatic N) is 4. The third-order valence-corrected chi connectivity index (χ3v) is 4.38. The summed E-state index contributed by atoms with van der Waals surface area (Å²) in [6, 6.07) is 0. The molecule has 0 aliphatic carbocycles. The third-order valence-electron chi connectivity index (χ3n) is 2.53. The van der Waals surface area contributed by atoms with Crippen molar-refractivity contribution in [2.45, 2.75) is 19.4 Å². The van der Waals surface area contributed by atoms with E-state index in [0.717, 1.165) is 12.8 Å². The molecular formula is C8H14N4O2S. The van der Waals surface area contributed by atoms with Gasteiger partial charge in [0, 0.05) is 19.6 Å². The van der Waals surface area contributed by atoms with Gasteiger partial charge in [0.25, 0.3) is 0 Å². The van der Waals surface area contributed by atoms with E-state index >= 15 is 0 Å². The van der Waals surface area contributed by atoms with E-state index in [-0.39, 0.29) is 5.75 Å². The summed E-state index contributed by atoms with van der Waals surface area (Å²) in [7, 11) is -3.08. The van der Waals surface area contributed by atoms with E-state index in [1.165, 1.54) is 12.7 Å². The van der Waals surface area contributed by atoms with Crippen molar-refractivity contribution < 1.29 is 8.42 Å². The predicted octanol–water partition coefficient (Wildman–Crippen LogP) is -0.296. The lowest BCUT2D eigenvalue weighted by Gasteiger charge is -2.14. The molecule has 0 aromatic carbocycles. The fourth-order valence-corrected chi connectivity index (χ4v) is 3.17. The smallest absolute Gasteiger partial charge is 0.215 e. The highest BCUT2D eigenvalue weighted by Crippen LogP contribution is 2.13. The number of hydrogen-bond donors (Lipinski definition) is 0. The molecule has 1 aromatic rings. The lowest BCUT2D eigenvalue weighted by Crippen LogP contribution is -2.31. The number of aryl methyl sites for hydroxylation is 1. The van der Waals surface area contributed by atoms with Crippen LogP contribution in [-0.2, 0) is 16.6 Å². The summed E-state index contributed by atoms with van der Waals surface area (Å²) >= 11 is 0. The van der Waals surface area contributed by atoms with Gasteiger partial charge in [0.15, 0.2) is 0 Å². The molecule has 0 amide bonds. The molecule has 0 bridgehead atoms. The molecule has 6 nitrogen and oxygen atoms in total. The van der Waals surface area contributed by atoms with Gasteiger partial charge < -0.3 is 4.57 Å². The van der Waals surface area contributed by atoms with Crippen LogP contribution in [0.15, 0.2) is 12.7 Å². The average Bonchev–Trinajstić information content (AvgIpc) is 2.88. The second-order valence-electron chi connectivity index (χ2n) is 3.62. The van der Waals surface area contributed by atoms with Crippen LogP contribution in [0.3, 0.4) is 0 Å². The lowest BCUT2D eigenvalue weighted by atomic mass is 10.4. The zero-order valence-corrected chi connectivity index (χ0v) is 9.23. The van der Waals surface area contributed by atoms with Crippen LogP contribution in [0.4, 0.5) is 0 Å². The van der Waals surface area contributed by atoms with Crippen molar-refractivity contribution in [3.63, 3.8) is 0 Å². The van der Waals surface area contributed by atoms with Gasteiger partial charge in [-0.3, -0.25) is 0 Å². The molecule has 84 valence electrons. The number of aromatic nitrogens is 3. The van der Waals surface area contributed by atoms with Crippen LogP contribution in [-0.4, -0.2) is 46.3 Å². The van der Waals surface area contributed by atoms with E-state index in [2.05, 4.69) is 10.2 Å². The van der Waals surface area contributed by atoms with Crippen molar-refractivity contribution in [1.82, 2.24) is 19.1 Å². The summed E-state index contributed by atoms with van der Waals surface area (Å²) in [5, 5.41) is 7.25. The minimum Gasteiger partial charge on any atom is -0.319 e. The minimum absolute atomic E-state index is 0.130. The maximum atomic E-state index is 11.8. The third kappa shape index (κ3) is 2.54. The Hall–Kier alpha value is -0.950. The molecule has 15 heavy (non-hydrogen) atoms. The van der Waals surface area contributed by atoms with Gasteiger partial charge in [0.1, 0.15) is 12.7 Å². The summed E-state index contributed by atoms with van der Waals surface area (Å²) in [5.74, 6) is 0.130. The van der Waals surface area contributed by atoms with Crippen molar-refractivity contribution in [3.8, 4) is 0 Å². The highest BCUT2D eigenvalue weighted by atomic mass is 32.2. The molecule has 1 aliphatic rings. The van der Waals surface area contributed by atoms with Crippen molar-refractivity contribution in [1.29, 1.82) is 0 Å². The fourth-order valence-electron chi connectivity index (χ4n) is 1.65. The summed E-state index contributed by atoms with van der Waals surface area (Å²) in [5.41, 5.74) is 0. The van der Waals surface area contributed by atoms with E-state index < -0.39 is 10.0 Å². The van der Waals surface area contributed by atoms with E-state index in [0.29, 0.717) is 19.6 Å². The van der Waals surface area contributed by atoms with Crippen molar-refractivity contribution in [2.24, 2.45) is 0 Å². The van der Waals surface area contributed by atoms with Gasteiger partial charge in [-0.15, -0.1) is 10.2 Å². The summed E-state index contributed by atoms with van der Waals surface area (Å²) in [6.45, 7) is 1.76. The van der Waals surface area contributed by atoms with Crippen molar-refractivity contribution in [3.05, 3.63) is 12.7 Å². The molecule has 0 spiro atoms. The van der Waals surface area contributed by atoms with Crippen LogP contribution >= 0.6 is 0 Å². The molecule has 0 radical (unpaired) electrons. The van der Waals surface area contributed by atoms with E-state index in [4.69, 9.17) is 0 Å². The second kappa shape index (κ2) is 4.28. The SMILES string of the molecule is O=S(=O)(CCn1cnnc1)N1CCCC1. The normalized spacial score (nSPS) is 18.4. The van der Waals surface area contributed by atoms with Crippen LogP contribution in [0, 0.1) is 0 Å². The molecule has 1 aromatic heterocycles. The molecule has 1 saturated heterocycles. The molecule has 0 saturated carbocycles. The Morgan fingerprint density at radius 1 is 1.13 bits per heavy atom. The Labute approximate surface area is 89.0 Å². The van der Waals surface area contributed by atoms with Crippen LogP contribution in [0.2, 0.25) is 0 Å². The Morgan fingerprint density at radius 2 is 1.73 bits per heavy atom. The Kier molecular flexibility index (Phi) is 3.01.